The average molecular weight is 444 g/mol. The van der Waals surface area contributed by atoms with Gasteiger partial charge in [0.15, 0.2) is 5.60 Å². The van der Waals surface area contributed by atoms with Crippen molar-refractivity contribution < 1.29 is 19.1 Å². The molecule has 0 spiro atoms. The summed E-state index contributed by atoms with van der Waals surface area (Å²) in [5, 5.41) is 12.3. The zero-order valence-corrected chi connectivity index (χ0v) is 20.8. The molecule has 2 unspecified atom stereocenters. The molecular weight excluding hydrogens is 406 g/mol. The lowest BCUT2D eigenvalue weighted by atomic mass is 9.79. The summed E-state index contributed by atoms with van der Waals surface area (Å²) < 4.78 is 12.7. The Morgan fingerprint density at radius 2 is 1.32 bits per heavy atom. The zero-order valence-electron chi connectivity index (χ0n) is 19.8. The Kier molecular flexibility index (Phi) is 7.41. The number of hydrogen-bond donors (Lipinski definition) is 2. The van der Waals surface area contributed by atoms with Crippen LogP contribution in [0.5, 0.6) is 0 Å². The molecule has 0 saturated heterocycles. The summed E-state index contributed by atoms with van der Waals surface area (Å²) >= 11 is 0. The summed E-state index contributed by atoms with van der Waals surface area (Å²) in [5.74, 6) is 0. The maximum absolute atomic E-state index is 11.8. The fourth-order valence-electron chi connectivity index (χ4n) is 4.48. The maximum Gasteiger partial charge on any atom is 0.405 e. The van der Waals surface area contributed by atoms with Crippen LogP contribution < -0.4 is 16.1 Å². The Balaban J connectivity index is 2.83. The zero-order chi connectivity index (χ0) is 23.5. The summed E-state index contributed by atoms with van der Waals surface area (Å²) in [7, 11) is -2.94. The standard InChI is InChI=1S/C25H37NO4Si/c1-23(2,3)21(25(7,18-27)29-22(26)28)30-31(24(4,5)6,19-14-10-8-11-15-19)20-16-12-9-13-17-20/h8-17,21,27H,18H2,1-7H3,(H2,26,28). The van der Waals surface area contributed by atoms with E-state index in [1.165, 1.54) is 0 Å². The fourth-order valence-corrected chi connectivity index (χ4v) is 9.46. The van der Waals surface area contributed by atoms with Gasteiger partial charge in [-0.05, 0) is 27.8 Å². The van der Waals surface area contributed by atoms with Gasteiger partial charge in [0.05, 0.1) is 12.7 Å². The Bertz CT molecular complexity index is 819. The Labute approximate surface area is 187 Å². The normalized spacial score (nSPS) is 15.7. The quantitative estimate of drug-likeness (QED) is 0.637. The van der Waals surface area contributed by atoms with Crippen molar-refractivity contribution in [1.29, 1.82) is 0 Å². The minimum absolute atomic E-state index is 0.262. The predicted molar refractivity (Wildman–Crippen MR) is 128 cm³/mol. The van der Waals surface area contributed by atoms with Crippen LogP contribution in [-0.2, 0) is 9.16 Å². The second kappa shape index (κ2) is 9.15. The third-order valence-corrected chi connectivity index (χ3v) is 10.7. The second-order valence-electron chi connectivity index (χ2n) is 10.4. The van der Waals surface area contributed by atoms with Crippen molar-refractivity contribution in [3.05, 3.63) is 60.7 Å². The smallest absolute Gasteiger partial charge is 0.405 e. The molecule has 2 aromatic carbocycles. The first kappa shape index (κ1) is 25.1. The van der Waals surface area contributed by atoms with Crippen LogP contribution in [0.15, 0.2) is 60.7 Å². The molecule has 0 saturated carbocycles. The van der Waals surface area contributed by atoms with Crippen LogP contribution >= 0.6 is 0 Å². The molecule has 0 aromatic heterocycles. The largest absolute Gasteiger partial charge is 0.438 e. The van der Waals surface area contributed by atoms with E-state index in [4.69, 9.17) is 14.9 Å². The molecule has 2 atom stereocenters. The first-order valence-corrected chi connectivity index (χ1v) is 12.6. The van der Waals surface area contributed by atoms with E-state index in [0.29, 0.717) is 0 Å². The summed E-state index contributed by atoms with van der Waals surface area (Å²) in [5.41, 5.74) is 3.62. The van der Waals surface area contributed by atoms with Crippen LogP contribution in [0.3, 0.4) is 0 Å². The monoisotopic (exact) mass is 443 g/mol. The minimum atomic E-state index is -2.94. The van der Waals surface area contributed by atoms with Gasteiger partial charge in [0.1, 0.15) is 0 Å². The molecule has 0 heterocycles. The van der Waals surface area contributed by atoms with E-state index in [-0.39, 0.29) is 5.04 Å². The van der Waals surface area contributed by atoms with E-state index in [1.807, 2.05) is 57.2 Å². The van der Waals surface area contributed by atoms with Gasteiger partial charge in [0, 0.05) is 0 Å². The lowest BCUT2D eigenvalue weighted by Crippen LogP contribution is -2.71. The van der Waals surface area contributed by atoms with Gasteiger partial charge in [-0.3, -0.25) is 0 Å². The number of rotatable bonds is 7. The third kappa shape index (κ3) is 5.19. The molecule has 0 aliphatic rings. The molecule has 6 heteroatoms. The van der Waals surface area contributed by atoms with Crippen LogP contribution in [0, 0.1) is 5.41 Å². The number of nitrogens with two attached hydrogens (primary N) is 1. The highest BCUT2D eigenvalue weighted by molar-refractivity contribution is 6.99. The van der Waals surface area contributed by atoms with E-state index < -0.39 is 38.1 Å². The van der Waals surface area contributed by atoms with Crippen LogP contribution in [-0.4, -0.2) is 37.8 Å². The summed E-state index contributed by atoms with van der Waals surface area (Å²) in [6.45, 7) is 13.9. The number of primary amides is 1. The lowest BCUT2D eigenvalue weighted by Gasteiger charge is -2.51. The molecule has 0 fully saturated rings. The molecule has 1 amide bonds. The molecule has 2 rings (SSSR count). The van der Waals surface area contributed by atoms with Gasteiger partial charge in [-0.2, -0.15) is 0 Å². The van der Waals surface area contributed by atoms with Gasteiger partial charge >= 0.3 is 6.09 Å². The van der Waals surface area contributed by atoms with Crippen LogP contribution in [0.2, 0.25) is 5.04 Å². The van der Waals surface area contributed by atoms with E-state index in [2.05, 4.69) is 45.0 Å². The van der Waals surface area contributed by atoms with Gasteiger partial charge in [0.25, 0.3) is 8.32 Å². The number of ether oxygens (including phenoxy) is 1. The van der Waals surface area contributed by atoms with Gasteiger partial charge < -0.3 is 20.0 Å². The van der Waals surface area contributed by atoms with Gasteiger partial charge in [0.2, 0.25) is 0 Å². The van der Waals surface area contributed by atoms with Crippen molar-refractivity contribution in [2.45, 2.75) is 65.2 Å². The second-order valence-corrected chi connectivity index (χ2v) is 14.7. The summed E-state index contributed by atoms with van der Waals surface area (Å²) in [4.78, 5) is 11.8. The minimum Gasteiger partial charge on any atom is -0.438 e. The van der Waals surface area contributed by atoms with Gasteiger partial charge in [-0.25, -0.2) is 4.79 Å². The molecule has 0 aliphatic heterocycles. The first-order valence-electron chi connectivity index (χ1n) is 10.7. The number of amides is 1. The van der Waals surface area contributed by atoms with Crippen molar-refractivity contribution in [1.82, 2.24) is 0 Å². The van der Waals surface area contributed by atoms with E-state index in [0.717, 1.165) is 10.4 Å². The molecule has 31 heavy (non-hydrogen) atoms. The van der Waals surface area contributed by atoms with Crippen molar-refractivity contribution in [3.63, 3.8) is 0 Å². The fraction of sp³-hybridized carbons (Fsp3) is 0.480. The first-order chi connectivity index (χ1) is 14.3. The number of aliphatic hydroxyl groups is 1. The third-order valence-electron chi connectivity index (χ3n) is 5.70. The van der Waals surface area contributed by atoms with Crippen molar-refractivity contribution in [2.75, 3.05) is 6.61 Å². The SMILES string of the molecule is CC(C)(C)C(O[Si](c1ccccc1)(c1ccccc1)C(C)(C)C)C(C)(CO)OC(N)=O. The van der Waals surface area contributed by atoms with Crippen LogP contribution in [0.1, 0.15) is 48.5 Å². The molecule has 2 aromatic rings. The highest BCUT2D eigenvalue weighted by Crippen LogP contribution is 2.43. The van der Waals surface area contributed by atoms with Crippen molar-refractivity contribution in [2.24, 2.45) is 11.1 Å². The number of carbonyl (C=O) groups excluding carboxylic acids is 1. The lowest BCUT2D eigenvalue weighted by molar-refractivity contribution is -0.124. The van der Waals surface area contributed by atoms with Gasteiger partial charge in [-0.1, -0.05) is 102 Å². The Morgan fingerprint density at radius 1 is 0.903 bits per heavy atom. The molecule has 0 aliphatic carbocycles. The molecule has 0 radical (unpaired) electrons. The highest BCUT2D eigenvalue weighted by Gasteiger charge is 2.56. The Morgan fingerprint density at radius 3 is 1.61 bits per heavy atom. The number of benzene rings is 2. The number of hydrogen-bond acceptors (Lipinski definition) is 4. The van der Waals surface area contributed by atoms with E-state index in [1.54, 1.807) is 6.92 Å². The molecule has 170 valence electrons. The topological polar surface area (TPSA) is 81.8 Å². The van der Waals surface area contributed by atoms with E-state index >= 15 is 0 Å². The van der Waals surface area contributed by atoms with E-state index in [9.17, 15) is 9.90 Å². The Hall–Kier alpha value is -2.15. The molecule has 0 bridgehead atoms. The number of aliphatic hydroxyl groups excluding tert-OH is 1. The molecule has 3 N–H and O–H groups in total. The average Bonchev–Trinajstić information content (AvgIpc) is 2.67. The summed E-state index contributed by atoms with van der Waals surface area (Å²) in [6, 6.07) is 20.5. The maximum atomic E-state index is 11.8. The van der Waals surface area contributed by atoms with Crippen molar-refractivity contribution >= 4 is 24.8 Å². The van der Waals surface area contributed by atoms with Crippen LogP contribution in [0.4, 0.5) is 4.79 Å². The number of carbonyl (C=O) groups is 1. The molecule has 5 nitrogen and oxygen atoms in total. The predicted octanol–water partition coefficient (Wildman–Crippen LogP) is 3.82. The highest BCUT2D eigenvalue weighted by atomic mass is 28.4. The van der Waals surface area contributed by atoms with Crippen LogP contribution in [0.25, 0.3) is 0 Å². The molecular formula is C25H37NO4Si. The van der Waals surface area contributed by atoms with Crippen molar-refractivity contribution in [3.8, 4) is 0 Å². The van der Waals surface area contributed by atoms with Gasteiger partial charge in [-0.15, -0.1) is 0 Å². The summed E-state index contributed by atoms with van der Waals surface area (Å²) in [6.07, 6.45) is -1.55.